The number of carbonyl (C=O) groups is 1. The molecule has 1 aliphatic heterocycles. The zero-order valence-electron chi connectivity index (χ0n) is 16.7. The van der Waals surface area contributed by atoms with Crippen molar-refractivity contribution in [2.45, 2.75) is 19.1 Å². The van der Waals surface area contributed by atoms with Crippen molar-refractivity contribution in [1.82, 2.24) is 4.98 Å². The summed E-state index contributed by atoms with van der Waals surface area (Å²) < 4.78 is 33.1. The van der Waals surface area contributed by atoms with E-state index in [2.05, 4.69) is 9.71 Å². The first-order valence-electron chi connectivity index (χ1n) is 9.62. The van der Waals surface area contributed by atoms with Gasteiger partial charge in [0.25, 0.3) is 5.91 Å². The third kappa shape index (κ3) is 5.00. The lowest BCUT2D eigenvalue weighted by Crippen LogP contribution is -2.39. The zero-order chi connectivity index (χ0) is 22.0. The van der Waals surface area contributed by atoms with Gasteiger partial charge in [0.15, 0.2) is 11.7 Å². The molecule has 0 saturated carbocycles. The molecule has 0 saturated heterocycles. The van der Waals surface area contributed by atoms with Gasteiger partial charge in [-0.2, -0.15) is 0 Å². The summed E-state index contributed by atoms with van der Waals surface area (Å²) in [6.45, 7) is 2.64. The predicted molar refractivity (Wildman–Crippen MR) is 123 cm³/mol. The molecular formula is C21H20ClN3O4S2. The Morgan fingerprint density at radius 1 is 1.23 bits per heavy atom. The third-order valence-corrected chi connectivity index (χ3v) is 7.02. The molecule has 7 nitrogen and oxygen atoms in total. The maximum absolute atomic E-state index is 12.5. The maximum Gasteiger partial charge on any atom is 0.265 e. The average Bonchev–Trinajstić information content (AvgIpc) is 3.19. The number of hydrogen-bond acceptors (Lipinski definition) is 6. The van der Waals surface area contributed by atoms with E-state index in [1.54, 1.807) is 34.5 Å². The number of benzene rings is 2. The van der Waals surface area contributed by atoms with Crippen LogP contribution in [-0.4, -0.2) is 32.5 Å². The van der Waals surface area contributed by atoms with Gasteiger partial charge in [-0.1, -0.05) is 30.7 Å². The van der Waals surface area contributed by atoms with Gasteiger partial charge in [-0.15, -0.1) is 11.3 Å². The maximum atomic E-state index is 12.5. The van der Waals surface area contributed by atoms with E-state index in [0.717, 1.165) is 12.0 Å². The quantitative estimate of drug-likeness (QED) is 0.539. The van der Waals surface area contributed by atoms with Gasteiger partial charge in [0.2, 0.25) is 10.0 Å². The van der Waals surface area contributed by atoms with Crippen LogP contribution in [0.5, 0.6) is 5.75 Å². The van der Waals surface area contributed by atoms with E-state index < -0.39 is 10.0 Å². The topological polar surface area (TPSA) is 88.6 Å². The highest BCUT2D eigenvalue weighted by Gasteiger charge is 2.25. The number of aromatic nitrogens is 1. The van der Waals surface area contributed by atoms with Crippen LogP contribution in [0.1, 0.15) is 18.9 Å². The van der Waals surface area contributed by atoms with Crippen LogP contribution in [0.25, 0.3) is 11.3 Å². The number of fused-ring (bicyclic) bond motifs is 1. The predicted octanol–water partition coefficient (Wildman–Crippen LogP) is 4.54. The summed E-state index contributed by atoms with van der Waals surface area (Å²) in [7, 11) is -3.63. The molecule has 0 bridgehead atoms. The summed E-state index contributed by atoms with van der Waals surface area (Å²) in [4.78, 5) is 18.4. The number of ether oxygens (including phenoxy) is 1. The fraction of sp³-hybridized carbons (Fsp3) is 0.238. The highest BCUT2D eigenvalue weighted by molar-refractivity contribution is 7.92. The SMILES string of the molecule is CCCN1C(=O)COc2ccc(-c3csc(NS(=O)(=O)Cc4ccc(Cl)cc4)n3)cc21. The third-order valence-electron chi connectivity index (χ3n) is 4.66. The number of anilines is 2. The van der Waals surface area contributed by atoms with Crippen LogP contribution in [0.15, 0.2) is 47.8 Å². The van der Waals surface area contributed by atoms with E-state index in [1.807, 2.05) is 25.1 Å². The molecule has 1 N–H and O–H groups in total. The van der Waals surface area contributed by atoms with Crippen molar-refractivity contribution >= 4 is 49.7 Å². The van der Waals surface area contributed by atoms with Gasteiger partial charge in [-0.05, 0) is 42.3 Å². The number of nitrogens with zero attached hydrogens (tertiary/aromatic N) is 2. The van der Waals surface area contributed by atoms with Crippen LogP contribution in [0.4, 0.5) is 10.8 Å². The summed E-state index contributed by atoms with van der Waals surface area (Å²) >= 11 is 7.05. The Bertz CT molecular complexity index is 1210. The van der Waals surface area contributed by atoms with Crippen LogP contribution in [0.2, 0.25) is 5.02 Å². The van der Waals surface area contributed by atoms with E-state index in [-0.39, 0.29) is 23.4 Å². The molecule has 2 aromatic carbocycles. The molecular weight excluding hydrogens is 458 g/mol. The lowest BCUT2D eigenvalue weighted by atomic mass is 10.1. The molecule has 0 unspecified atom stereocenters. The van der Waals surface area contributed by atoms with Crippen molar-refractivity contribution in [3.05, 3.63) is 58.4 Å². The highest BCUT2D eigenvalue weighted by Crippen LogP contribution is 2.37. The molecule has 0 radical (unpaired) electrons. The van der Waals surface area contributed by atoms with Gasteiger partial charge >= 0.3 is 0 Å². The first kappa shape index (κ1) is 21.6. The van der Waals surface area contributed by atoms with Crippen molar-refractivity contribution in [3.8, 4) is 17.0 Å². The first-order chi connectivity index (χ1) is 14.8. The van der Waals surface area contributed by atoms with Gasteiger partial charge < -0.3 is 9.64 Å². The second-order valence-corrected chi connectivity index (χ2v) is 10.1. The van der Waals surface area contributed by atoms with Crippen molar-refractivity contribution in [3.63, 3.8) is 0 Å². The van der Waals surface area contributed by atoms with Crippen molar-refractivity contribution in [2.24, 2.45) is 0 Å². The Morgan fingerprint density at radius 3 is 2.74 bits per heavy atom. The second kappa shape index (κ2) is 8.86. The molecule has 1 amide bonds. The monoisotopic (exact) mass is 477 g/mol. The summed E-state index contributed by atoms with van der Waals surface area (Å²) in [6.07, 6.45) is 0.825. The van der Waals surface area contributed by atoms with Crippen LogP contribution in [0.3, 0.4) is 0 Å². The van der Waals surface area contributed by atoms with Crippen LogP contribution in [0, 0.1) is 0 Å². The van der Waals surface area contributed by atoms with E-state index in [0.29, 0.717) is 34.3 Å². The molecule has 0 aliphatic carbocycles. The molecule has 0 fully saturated rings. The molecule has 31 heavy (non-hydrogen) atoms. The van der Waals surface area contributed by atoms with Crippen molar-refractivity contribution in [2.75, 3.05) is 22.8 Å². The number of halogens is 1. The molecule has 162 valence electrons. The van der Waals surface area contributed by atoms with E-state index in [9.17, 15) is 13.2 Å². The van der Waals surface area contributed by atoms with Crippen molar-refractivity contribution in [1.29, 1.82) is 0 Å². The average molecular weight is 478 g/mol. The molecule has 2 heterocycles. The van der Waals surface area contributed by atoms with Crippen molar-refractivity contribution < 1.29 is 17.9 Å². The Labute approximate surface area is 189 Å². The first-order valence-corrected chi connectivity index (χ1v) is 12.5. The van der Waals surface area contributed by atoms with Gasteiger partial charge in [-0.25, -0.2) is 13.4 Å². The lowest BCUT2D eigenvalue weighted by molar-refractivity contribution is -0.121. The second-order valence-electron chi connectivity index (χ2n) is 7.04. The summed E-state index contributed by atoms with van der Waals surface area (Å²) in [5.74, 6) is 0.389. The summed E-state index contributed by atoms with van der Waals surface area (Å²) in [6, 6.07) is 12.2. The Hall–Kier alpha value is -2.62. The van der Waals surface area contributed by atoms with E-state index >= 15 is 0 Å². The zero-order valence-corrected chi connectivity index (χ0v) is 19.1. The minimum absolute atomic E-state index is 0.0304. The minimum atomic E-state index is -3.63. The number of amides is 1. The van der Waals surface area contributed by atoms with Gasteiger partial charge in [-0.3, -0.25) is 9.52 Å². The molecule has 1 aliphatic rings. The fourth-order valence-electron chi connectivity index (χ4n) is 3.25. The van der Waals surface area contributed by atoms with E-state index in [4.69, 9.17) is 16.3 Å². The Balaban J connectivity index is 1.53. The number of thiazole rings is 1. The summed E-state index contributed by atoms with van der Waals surface area (Å²) in [5.41, 5.74) is 2.72. The van der Waals surface area contributed by atoms with Gasteiger partial charge in [0.1, 0.15) is 5.75 Å². The Kier molecular flexibility index (Phi) is 6.17. The molecule has 3 aromatic rings. The van der Waals surface area contributed by atoms with Crippen LogP contribution in [-0.2, 0) is 20.6 Å². The standard InChI is InChI=1S/C21H20ClN3O4S2/c1-2-9-25-18-10-15(5-8-19(18)29-11-20(25)26)17-12-30-21(23-17)24-31(27,28)13-14-3-6-16(22)7-4-14/h3-8,10,12H,2,9,11,13H2,1H3,(H,23,24). The molecule has 0 atom stereocenters. The normalized spacial score (nSPS) is 13.6. The molecule has 1 aromatic heterocycles. The molecule has 0 spiro atoms. The van der Waals surface area contributed by atoms with Gasteiger partial charge in [0, 0.05) is 22.5 Å². The lowest BCUT2D eigenvalue weighted by Gasteiger charge is -2.29. The van der Waals surface area contributed by atoms with Gasteiger partial charge in [0.05, 0.1) is 17.1 Å². The number of carbonyl (C=O) groups excluding carboxylic acids is 1. The number of nitrogens with one attached hydrogen (secondary N) is 1. The number of hydrogen-bond donors (Lipinski definition) is 1. The van der Waals surface area contributed by atoms with Crippen LogP contribution < -0.4 is 14.4 Å². The number of rotatable bonds is 7. The van der Waals surface area contributed by atoms with E-state index in [1.165, 1.54) is 11.3 Å². The molecule has 4 rings (SSSR count). The fourth-order valence-corrected chi connectivity index (χ4v) is 5.53. The number of sulfonamides is 1. The Morgan fingerprint density at radius 2 is 2.00 bits per heavy atom. The smallest absolute Gasteiger partial charge is 0.265 e. The summed E-state index contributed by atoms with van der Waals surface area (Å²) in [5, 5.41) is 2.60. The highest BCUT2D eigenvalue weighted by atomic mass is 35.5. The van der Waals surface area contributed by atoms with Crippen LogP contribution >= 0.6 is 22.9 Å². The minimum Gasteiger partial charge on any atom is -0.482 e. The molecule has 10 heteroatoms. The largest absolute Gasteiger partial charge is 0.482 e.